The Morgan fingerprint density at radius 3 is 3.17 bits per heavy atom. The highest BCUT2D eigenvalue weighted by Gasteiger charge is 2.05. The summed E-state index contributed by atoms with van der Waals surface area (Å²) in [4.78, 5) is 15.0. The highest BCUT2D eigenvalue weighted by molar-refractivity contribution is 7.09. The van der Waals surface area contributed by atoms with Gasteiger partial charge in [-0.3, -0.25) is 4.79 Å². The average molecular weight is 185 g/mol. The lowest BCUT2D eigenvalue weighted by Crippen LogP contribution is -2.08. The van der Waals surface area contributed by atoms with E-state index in [4.69, 9.17) is 4.74 Å². The molecule has 0 radical (unpaired) electrons. The number of carbonyl (C=O) groups excluding carboxylic acids is 1. The van der Waals surface area contributed by atoms with Crippen molar-refractivity contribution in [3.63, 3.8) is 0 Å². The van der Waals surface area contributed by atoms with Crippen molar-refractivity contribution in [1.29, 1.82) is 0 Å². The van der Waals surface area contributed by atoms with Crippen molar-refractivity contribution in [2.24, 2.45) is 0 Å². The predicted octanol–water partition coefficient (Wildman–Crippen LogP) is 1.64. The van der Waals surface area contributed by atoms with E-state index in [-0.39, 0.29) is 5.97 Å². The van der Waals surface area contributed by atoms with Gasteiger partial charge >= 0.3 is 5.97 Å². The molecule has 1 rings (SSSR count). The Hall–Kier alpha value is -0.900. The van der Waals surface area contributed by atoms with Crippen LogP contribution in [0.5, 0.6) is 0 Å². The molecule has 0 atom stereocenters. The van der Waals surface area contributed by atoms with Crippen LogP contribution in [-0.4, -0.2) is 17.6 Å². The molecule has 0 aromatic carbocycles. The third kappa shape index (κ3) is 3.00. The molecular weight excluding hydrogens is 174 g/mol. The first-order valence-corrected chi connectivity index (χ1v) is 4.75. The summed E-state index contributed by atoms with van der Waals surface area (Å²) in [5.74, 6) is -0.188. The van der Waals surface area contributed by atoms with E-state index in [0.717, 1.165) is 11.4 Å². The molecule has 0 saturated heterocycles. The molecule has 4 heteroatoms. The second-order valence-corrected chi connectivity index (χ2v) is 3.30. The van der Waals surface area contributed by atoms with Gasteiger partial charge in [-0.2, -0.15) is 0 Å². The summed E-state index contributed by atoms with van der Waals surface area (Å²) in [6.07, 6.45) is 2.86. The minimum absolute atomic E-state index is 0.188. The van der Waals surface area contributed by atoms with Crippen LogP contribution in [0.4, 0.5) is 0 Å². The van der Waals surface area contributed by atoms with E-state index in [1.54, 1.807) is 6.20 Å². The number of nitrogens with zero attached hydrogens (tertiary/aromatic N) is 1. The van der Waals surface area contributed by atoms with Gasteiger partial charge in [-0.05, 0) is 6.42 Å². The van der Waals surface area contributed by atoms with E-state index in [0.29, 0.717) is 13.0 Å². The third-order valence-electron chi connectivity index (χ3n) is 1.25. The molecule has 0 unspecified atom stereocenters. The summed E-state index contributed by atoms with van der Waals surface area (Å²) in [7, 11) is 0. The van der Waals surface area contributed by atoms with Crippen LogP contribution in [0.25, 0.3) is 0 Å². The Bertz CT molecular complexity index is 233. The molecule has 0 aliphatic heterocycles. The smallest absolute Gasteiger partial charge is 0.312 e. The summed E-state index contributed by atoms with van der Waals surface area (Å²) < 4.78 is 4.89. The lowest BCUT2D eigenvalue weighted by Gasteiger charge is -1.99. The van der Waals surface area contributed by atoms with Gasteiger partial charge in [-0.25, -0.2) is 4.98 Å². The summed E-state index contributed by atoms with van der Waals surface area (Å²) >= 11 is 1.47. The van der Waals surface area contributed by atoms with Gasteiger partial charge in [-0.15, -0.1) is 11.3 Å². The van der Waals surface area contributed by atoms with Gasteiger partial charge in [0.1, 0.15) is 5.01 Å². The second kappa shape index (κ2) is 4.87. The first kappa shape index (κ1) is 9.19. The first-order chi connectivity index (χ1) is 5.83. The Balaban J connectivity index is 2.27. The van der Waals surface area contributed by atoms with Gasteiger partial charge in [0.2, 0.25) is 0 Å². The van der Waals surface area contributed by atoms with Gasteiger partial charge in [0.05, 0.1) is 13.0 Å². The van der Waals surface area contributed by atoms with Crippen molar-refractivity contribution in [3.05, 3.63) is 16.6 Å². The van der Waals surface area contributed by atoms with Gasteiger partial charge in [0, 0.05) is 11.6 Å². The quantitative estimate of drug-likeness (QED) is 0.669. The van der Waals surface area contributed by atoms with Gasteiger partial charge in [-0.1, -0.05) is 6.92 Å². The van der Waals surface area contributed by atoms with E-state index >= 15 is 0 Å². The summed E-state index contributed by atoms with van der Waals surface area (Å²) in [5.41, 5.74) is 0. The fraction of sp³-hybridized carbons (Fsp3) is 0.500. The lowest BCUT2D eigenvalue weighted by atomic mass is 10.4. The number of esters is 1. The van der Waals surface area contributed by atoms with E-state index in [1.807, 2.05) is 12.3 Å². The molecule has 0 N–H and O–H groups in total. The van der Waals surface area contributed by atoms with Crippen LogP contribution < -0.4 is 0 Å². The third-order valence-corrected chi connectivity index (χ3v) is 2.03. The van der Waals surface area contributed by atoms with Gasteiger partial charge < -0.3 is 4.74 Å². The maximum absolute atomic E-state index is 11.0. The topological polar surface area (TPSA) is 39.2 Å². The van der Waals surface area contributed by atoms with Crippen LogP contribution in [0, 0.1) is 0 Å². The van der Waals surface area contributed by atoms with Crippen molar-refractivity contribution in [2.45, 2.75) is 19.8 Å². The molecule has 0 aliphatic rings. The van der Waals surface area contributed by atoms with Crippen LogP contribution in [0.3, 0.4) is 0 Å². The summed E-state index contributed by atoms with van der Waals surface area (Å²) in [6.45, 7) is 2.47. The molecular formula is C8H11NO2S. The molecule has 0 fully saturated rings. The molecule has 0 spiro atoms. The standard InChI is InChI=1S/C8H11NO2S/c1-2-4-11-8(10)6-7-9-3-5-12-7/h3,5H,2,4,6H2,1H3. The van der Waals surface area contributed by atoms with E-state index in [2.05, 4.69) is 4.98 Å². The van der Waals surface area contributed by atoms with Crippen LogP contribution in [0.15, 0.2) is 11.6 Å². The second-order valence-electron chi connectivity index (χ2n) is 2.32. The Labute approximate surface area is 75.4 Å². The van der Waals surface area contributed by atoms with Crippen molar-refractivity contribution in [3.8, 4) is 0 Å². The van der Waals surface area contributed by atoms with Gasteiger partial charge in [0.15, 0.2) is 0 Å². The number of carbonyl (C=O) groups is 1. The van der Waals surface area contributed by atoms with Gasteiger partial charge in [0.25, 0.3) is 0 Å². The Morgan fingerprint density at radius 1 is 1.75 bits per heavy atom. The molecule has 1 heterocycles. The summed E-state index contributed by atoms with van der Waals surface area (Å²) in [5, 5.41) is 2.67. The average Bonchev–Trinajstić information content (AvgIpc) is 2.53. The fourth-order valence-corrected chi connectivity index (χ4v) is 1.33. The maximum atomic E-state index is 11.0. The van der Waals surface area contributed by atoms with E-state index < -0.39 is 0 Å². The van der Waals surface area contributed by atoms with Crippen molar-refractivity contribution in [2.75, 3.05) is 6.61 Å². The van der Waals surface area contributed by atoms with Crippen molar-refractivity contribution < 1.29 is 9.53 Å². The lowest BCUT2D eigenvalue weighted by molar-refractivity contribution is -0.142. The first-order valence-electron chi connectivity index (χ1n) is 3.87. The number of hydrogen-bond acceptors (Lipinski definition) is 4. The SMILES string of the molecule is CCCOC(=O)Cc1nccs1. The van der Waals surface area contributed by atoms with Crippen LogP contribution in [0.1, 0.15) is 18.4 Å². The summed E-state index contributed by atoms with van der Waals surface area (Å²) in [6, 6.07) is 0. The molecule has 0 amide bonds. The van der Waals surface area contributed by atoms with E-state index in [9.17, 15) is 4.79 Å². The monoisotopic (exact) mass is 185 g/mol. The number of ether oxygens (including phenoxy) is 1. The van der Waals surface area contributed by atoms with Crippen molar-refractivity contribution >= 4 is 17.3 Å². The Morgan fingerprint density at radius 2 is 2.58 bits per heavy atom. The highest BCUT2D eigenvalue weighted by atomic mass is 32.1. The molecule has 66 valence electrons. The molecule has 0 saturated carbocycles. The van der Waals surface area contributed by atoms with Crippen LogP contribution in [-0.2, 0) is 16.0 Å². The Kier molecular flexibility index (Phi) is 3.73. The molecule has 0 bridgehead atoms. The zero-order chi connectivity index (χ0) is 8.81. The van der Waals surface area contributed by atoms with Crippen LogP contribution in [0.2, 0.25) is 0 Å². The largest absolute Gasteiger partial charge is 0.465 e. The molecule has 1 aromatic rings. The zero-order valence-corrected chi connectivity index (χ0v) is 7.76. The minimum Gasteiger partial charge on any atom is -0.465 e. The number of rotatable bonds is 4. The normalized spacial score (nSPS) is 9.75. The molecule has 1 aromatic heterocycles. The molecule has 0 aliphatic carbocycles. The zero-order valence-electron chi connectivity index (χ0n) is 6.95. The van der Waals surface area contributed by atoms with E-state index in [1.165, 1.54) is 11.3 Å². The van der Waals surface area contributed by atoms with Crippen LogP contribution >= 0.6 is 11.3 Å². The fourth-order valence-electron chi connectivity index (χ4n) is 0.731. The molecule has 12 heavy (non-hydrogen) atoms. The number of thiazole rings is 1. The maximum Gasteiger partial charge on any atom is 0.312 e. The predicted molar refractivity (Wildman–Crippen MR) is 47.1 cm³/mol. The minimum atomic E-state index is -0.188. The molecule has 3 nitrogen and oxygen atoms in total. The highest BCUT2D eigenvalue weighted by Crippen LogP contribution is 2.05. The number of aromatic nitrogens is 1. The van der Waals surface area contributed by atoms with Crippen molar-refractivity contribution in [1.82, 2.24) is 4.98 Å². The number of hydrogen-bond donors (Lipinski definition) is 0.